The van der Waals surface area contributed by atoms with Gasteiger partial charge in [0, 0.05) is 5.56 Å². The molecule has 20 heavy (non-hydrogen) atoms. The monoisotopic (exact) mass is 286 g/mol. The summed E-state index contributed by atoms with van der Waals surface area (Å²) in [4.78, 5) is 15.0. The van der Waals surface area contributed by atoms with Crippen molar-refractivity contribution in [2.75, 3.05) is 6.61 Å². The number of carbonyl (C=O) groups excluding carboxylic acids is 1. The Labute approximate surface area is 111 Å². The molecule has 0 saturated heterocycles. The van der Waals surface area contributed by atoms with Gasteiger partial charge in [-0.3, -0.25) is 0 Å². The average Bonchev–Trinajstić information content (AvgIpc) is 2.87. The maximum atomic E-state index is 12.8. The molecule has 0 fully saturated rings. The predicted octanol–water partition coefficient (Wildman–Crippen LogP) is 2.93. The third-order valence-corrected chi connectivity index (χ3v) is 2.35. The summed E-state index contributed by atoms with van der Waals surface area (Å²) in [7, 11) is 0. The van der Waals surface area contributed by atoms with E-state index >= 15 is 0 Å². The summed E-state index contributed by atoms with van der Waals surface area (Å²) in [6.07, 6.45) is -4.55. The molecule has 0 radical (unpaired) electrons. The van der Waals surface area contributed by atoms with E-state index in [1.807, 2.05) is 0 Å². The number of benzene rings is 1. The van der Waals surface area contributed by atoms with E-state index in [1.165, 1.54) is 18.2 Å². The van der Waals surface area contributed by atoms with Crippen molar-refractivity contribution in [3.63, 3.8) is 0 Å². The van der Waals surface area contributed by atoms with Gasteiger partial charge in [0.2, 0.25) is 5.82 Å². The van der Waals surface area contributed by atoms with Gasteiger partial charge in [-0.1, -0.05) is 23.4 Å². The van der Waals surface area contributed by atoms with Gasteiger partial charge in [0.1, 0.15) is 0 Å². The van der Waals surface area contributed by atoms with Crippen LogP contribution in [0.5, 0.6) is 0 Å². The molecule has 0 atom stereocenters. The van der Waals surface area contributed by atoms with Gasteiger partial charge in [-0.2, -0.15) is 18.2 Å². The van der Waals surface area contributed by atoms with E-state index in [-0.39, 0.29) is 18.0 Å². The summed E-state index contributed by atoms with van der Waals surface area (Å²) < 4.78 is 47.7. The second-order valence-corrected chi connectivity index (χ2v) is 3.69. The molecule has 2 aromatic rings. The Morgan fingerprint density at radius 3 is 2.70 bits per heavy atom. The van der Waals surface area contributed by atoms with E-state index in [0.29, 0.717) is 0 Å². The molecule has 1 aromatic heterocycles. The number of ether oxygens (including phenoxy) is 1. The Balaban J connectivity index is 2.41. The van der Waals surface area contributed by atoms with Gasteiger partial charge < -0.3 is 9.26 Å². The fourth-order valence-electron chi connectivity index (χ4n) is 1.53. The fourth-order valence-corrected chi connectivity index (χ4v) is 1.53. The standard InChI is InChI=1S/C12H9F3N2O3/c1-2-19-11(18)10-16-9(17-20-10)7-5-3-4-6-8(7)12(13,14)15/h3-6H,2H2,1H3. The molecule has 2 rings (SSSR count). The first-order valence-electron chi connectivity index (χ1n) is 5.61. The Kier molecular flexibility index (Phi) is 3.73. The average molecular weight is 286 g/mol. The molecule has 8 heteroatoms. The van der Waals surface area contributed by atoms with Gasteiger partial charge >= 0.3 is 18.0 Å². The van der Waals surface area contributed by atoms with Crippen molar-refractivity contribution in [1.82, 2.24) is 10.1 Å². The lowest BCUT2D eigenvalue weighted by molar-refractivity contribution is -0.137. The van der Waals surface area contributed by atoms with Gasteiger partial charge in [0.05, 0.1) is 12.2 Å². The van der Waals surface area contributed by atoms with Crippen molar-refractivity contribution in [2.24, 2.45) is 0 Å². The molecule has 0 amide bonds. The summed E-state index contributed by atoms with van der Waals surface area (Å²) in [6, 6.07) is 4.75. The molecular weight excluding hydrogens is 277 g/mol. The topological polar surface area (TPSA) is 65.2 Å². The zero-order chi connectivity index (χ0) is 14.8. The Bertz CT molecular complexity index is 622. The van der Waals surface area contributed by atoms with Crippen LogP contribution in [0.2, 0.25) is 0 Å². The van der Waals surface area contributed by atoms with Crippen molar-refractivity contribution in [3.8, 4) is 11.4 Å². The summed E-state index contributed by atoms with van der Waals surface area (Å²) >= 11 is 0. The number of hydrogen-bond acceptors (Lipinski definition) is 5. The number of esters is 1. The molecule has 1 heterocycles. The molecule has 106 valence electrons. The first kappa shape index (κ1) is 14.0. The van der Waals surface area contributed by atoms with E-state index in [4.69, 9.17) is 0 Å². The van der Waals surface area contributed by atoms with Crippen LogP contribution in [0.15, 0.2) is 28.8 Å². The summed E-state index contributed by atoms with van der Waals surface area (Å²) in [5, 5.41) is 3.38. The number of nitrogens with zero attached hydrogens (tertiary/aromatic N) is 2. The van der Waals surface area contributed by atoms with Crippen molar-refractivity contribution in [1.29, 1.82) is 0 Å². The van der Waals surface area contributed by atoms with Crippen LogP contribution in [0, 0.1) is 0 Å². The van der Waals surface area contributed by atoms with Gasteiger partial charge in [0.15, 0.2) is 0 Å². The highest BCUT2D eigenvalue weighted by Gasteiger charge is 2.34. The molecule has 0 saturated carbocycles. The number of alkyl halides is 3. The van der Waals surface area contributed by atoms with Crippen LogP contribution >= 0.6 is 0 Å². The lowest BCUT2D eigenvalue weighted by atomic mass is 10.1. The Morgan fingerprint density at radius 2 is 2.05 bits per heavy atom. The second kappa shape index (κ2) is 5.32. The molecule has 5 nitrogen and oxygen atoms in total. The molecule has 0 aliphatic carbocycles. The van der Waals surface area contributed by atoms with Crippen molar-refractivity contribution < 1.29 is 27.2 Å². The predicted molar refractivity (Wildman–Crippen MR) is 60.7 cm³/mol. The third-order valence-electron chi connectivity index (χ3n) is 2.35. The SMILES string of the molecule is CCOC(=O)c1nc(-c2ccccc2C(F)(F)F)no1. The number of aromatic nitrogens is 2. The van der Waals surface area contributed by atoms with Gasteiger partial charge in [0.25, 0.3) is 0 Å². The van der Waals surface area contributed by atoms with Gasteiger partial charge in [-0.25, -0.2) is 4.79 Å². The zero-order valence-electron chi connectivity index (χ0n) is 10.3. The van der Waals surface area contributed by atoms with Crippen LogP contribution in [0.25, 0.3) is 11.4 Å². The highest BCUT2D eigenvalue weighted by Crippen LogP contribution is 2.35. The second-order valence-electron chi connectivity index (χ2n) is 3.69. The lowest BCUT2D eigenvalue weighted by Crippen LogP contribution is -2.08. The van der Waals surface area contributed by atoms with E-state index in [1.54, 1.807) is 6.92 Å². The third kappa shape index (κ3) is 2.79. The molecule has 0 spiro atoms. The first-order chi connectivity index (χ1) is 9.43. The Hall–Kier alpha value is -2.38. The molecule has 0 aliphatic heterocycles. The highest BCUT2D eigenvalue weighted by atomic mass is 19.4. The van der Waals surface area contributed by atoms with Crippen LogP contribution in [0.1, 0.15) is 23.2 Å². The minimum atomic E-state index is -4.55. The van der Waals surface area contributed by atoms with Crippen molar-refractivity contribution in [3.05, 3.63) is 35.7 Å². The van der Waals surface area contributed by atoms with Crippen molar-refractivity contribution in [2.45, 2.75) is 13.1 Å². The molecule has 0 aliphatic rings. The molecule has 0 bridgehead atoms. The molecule has 0 unspecified atom stereocenters. The molecule has 0 N–H and O–H groups in total. The Morgan fingerprint density at radius 1 is 1.35 bits per heavy atom. The van der Waals surface area contributed by atoms with Crippen molar-refractivity contribution >= 4 is 5.97 Å². The van der Waals surface area contributed by atoms with Gasteiger partial charge in [-0.15, -0.1) is 0 Å². The molecule has 1 aromatic carbocycles. The summed E-state index contributed by atoms with van der Waals surface area (Å²) in [5.74, 6) is -1.68. The van der Waals surface area contributed by atoms with E-state index in [9.17, 15) is 18.0 Å². The van der Waals surface area contributed by atoms with E-state index in [0.717, 1.165) is 6.07 Å². The number of rotatable bonds is 3. The minimum Gasteiger partial charge on any atom is -0.459 e. The normalized spacial score (nSPS) is 11.4. The van der Waals surface area contributed by atoms with E-state index < -0.39 is 23.6 Å². The number of halogens is 3. The highest BCUT2D eigenvalue weighted by molar-refractivity contribution is 5.84. The first-order valence-corrected chi connectivity index (χ1v) is 5.61. The fraction of sp³-hybridized carbons (Fsp3) is 0.250. The number of carbonyl (C=O) groups is 1. The smallest absolute Gasteiger partial charge is 0.417 e. The molecular formula is C12H9F3N2O3. The van der Waals surface area contributed by atoms with Crippen LogP contribution in [0.4, 0.5) is 13.2 Å². The lowest BCUT2D eigenvalue weighted by Gasteiger charge is -2.09. The van der Waals surface area contributed by atoms with Crippen LogP contribution in [-0.4, -0.2) is 22.7 Å². The van der Waals surface area contributed by atoms with Crippen LogP contribution < -0.4 is 0 Å². The summed E-state index contributed by atoms with van der Waals surface area (Å²) in [5.41, 5.74) is -1.17. The summed E-state index contributed by atoms with van der Waals surface area (Å²) in [6.45, 7) is 1.67. The van der Waals surface area contributed by atoms with Crippen LogP contribution in [0.3, 0.4) is 0 Å². The maximum absolute atomic E-state index is 12.8. The minimum absolute atomic E-state index is 0.0929. The van der Waals surface area contributed by atoms with Crippen LogP contribution in [-0.2, 0) is 10.9 Å². The van der Waals surface area contributed by atoms with Gasteiger partial charge in [-0.05, 0) is 13.0 Å². The largest absolute Gasteiger partial charge is 0.459 e. The quantitative estimate of drug-likeness (QED) is 0.812. The van der Waals surface area contributed by atoms with E-state index in [2.05, 4.69) is 19.4 Å². The number of hydrogen-bond donors (Lipinski definition) is 0. The zero-order valence-corrected chi connectivity index (χ0v) is 10.3. The maximum Gasteiger partial charge on any atom is 0.417 e.